The molecule has 0 aliphatic heterocycles. The van der Waals surface area contributed by atoms with Crippen LogP contribution in [0.4, 0.5) is 0 Å². The molecule has 3 nitrogen and oxygen atoms in total. The average Bonchev–Trinajstić information content (AvgIpc) is 2.50. The smallest absolute Gasteiger partial charge is 0.132 e. The number of hydrogen-bond donors (Lipinski definition) is 0. The van der Waals surface area contributed by atoms with Gasteiger partial charge in [-0.25, -0.2) is 0 Å². The second-order valence-corrected chi connectivity index (χ2v) is 7.89. The van der Waals surface area contributed by atoms with Crippen LogP contribution in [0.2, 0.25) is 0 Å². The molecule has 1 rings (SSSR count). The molecule has 0 heterocycles. The number of likely N-dealkylation sites (N-methyl/N-ethyl adjacent to an activating group) is 1. The molecule has 0 amide bonds. The van der Waals surface area contributed by atoms with E-state index in [9.17, 15) is 9.90 Å². The van der Waals surface area contributed by atoms with Gasteiger partial charge in [0.15, 0.2) is 0 Å². The van der Waals surface area contributed by atoms with Crippen molar-refractivity contribution in [2.24, 2.45) is 5.92 Å². The lowest BCUT2D eigenvalue weighted by Crippen LogP contribution is -2.58. The van der Waals surface area contributed by atoms with Crippen LogP contribution in [-0.2, 0) is 11.2 Å². The van der Waals surface area contributed by atoms with Crippen molar-refractivity contribution in [2.45, 2.75) is 64.3 Å². The van der Waals surface area contributed by atoms with E-state index in [1.165, 1.54) is 37.7 Å². The highest BCUT2D eigenvalue weighted by Crippen LogP contribution is 2.25. The van der Waals surface area contributed by atoms with Gasteiger partial charge >= 0.3 is 0 Å². The monoisotopic (exact) mass is 333 g/mol. The zero-order valence-electron chi connectivity index (χ0n) is 16.0. The first kappa shape index (κ1) is 20.7. The number of quaternary nitrogens is 1. The number of carboxylic acids is 1. The summed E-state index contributed by atoms with van der Waals surface area (Å²) < 4.78 is 0.412. The van der Waals surface area contributed by atoms with E-state index in [1.54, 1.807) is 0 Å². The molecule has 0 radical (unpaired) electrons. The Morgan fingerprint density at radius 3 is 2.12 bits per heavy atom. The Morgan fingerprint density at radius 1 is 1.00 bits per heavy atom. The standard InChI is InChI=1S/C21H35NO2/c1-5-6-7-8-9-13-16-19(17-18-14-11-10-12-15-18)20(21(23)24)22(2,3)4/h10-12,14-15,19-20H,5-9,13,16-17H2,1-4H3. The fourth-order valence-corrected chi connectivity index (χ4v) is 3.62. The lowest BCUT2D eigenvalue weighted by Gasteiger charge is -2.40. The Kier molecular flexibility index (Phi) is 9.05. The molecule has 2 unspecified atom stereocenters. The fraction of sp³-hybridized carbons (Fsp3) is 0.667. The summed E-state index contributed by atoms with van der Waals surface area (Å²) in [6.07, 6.45) is 9.16. The van der Waals surface area contributed by atoms with Crippen molar-refractivity contribution in [3.8, 4) is 0 Å². The lowest BCUT2D eigenvalue weighted by molar-refractivity contribution is -0.893. The normalized spacial score (nSPS) is 14.3. The minimum atomic E-state index is -0.922. The molecule has 2 atom stereocenters. The summed E-state index contributed by atoms with van der Waals surface area (Å²) in [4.78, 5) is 11.8. The van der Waals surface area contributed by atoms with Crippen LogP contribution in [0.5, 0.6) is 0 Å². The van der Waals surface area contributed by atoms with Crippen molar-refractivity contribution in [1.29, 1.82) is 0 Å². The molecule has 3 heteroatoms. The van der Waals surface area contributed by atoms with Crippen LogP contribution in [-0.4, -0.2) is 37.6 Å². The maximum atomic E-state index is 11.8. The van der Waals surface area contributed by atoms with Gasteiger partial charge in [0.25, 0.3) is 0 Å². The van der Waals surface area contributed by atoms with Crippen LogP contribution in [0.1, 0.15) is 57.4 Å². The maximum absolute atomic E-state index is 11.8. The van der Waals surface area contributed by atoms with E-state index >= 15 is 0 Å². The van der Waals surface area contributed by atoms with Crippen molar-refractivity contribution < 1.29 is 14.4 Å². The van der Waals surface area contributed by atoms with Gasteiger partial charge in [-0.05, 0) is 18.4 Å². The van der Waals surface area contributed by atoms with Crippen molar-refractivity contribution in [3.05, 3.63) is 35.9 Å². The number of hydrogen-bond acceptors (Lipinski definition) is 2. The molecule has 0 spiro atoms. The molecular formula is C21H35NO2. The SMILES string of the molecule is CCCCCCCCC(Cc1ccccc1)C(C(=O)[O-])[N+](C)(C)C. The highest BCUT2D eigenvalue weighted by molar-refractivity contribution is 5.70. The molecule has 136 valence electrons. The van der Waals surface area contributed by atoms with Crippen LogP contribution < -0.4 is 5.11 Å². The van der Waals surface area contributed by atoms with E-state index in [4.69, 9.17) is 0 Å². The molecule has 0 aliphatic rings. The summed E-state index contributed by atoms with van der Waals surface area (Å²) in [6, 6.07) is 9.77. The summed E-state index contributed by atoms with van der Waals surface area (Å²) in [7, 11) is 5.87. The quantitative estimate of drug-likeness (QED) is 0.434. The molecule has 0 bridgehead atoms. The minimum Gasteiger partial charge on any atom is -0.544 e. The predicted octanol–water partition coefficient (Wildman–Crippen LogP) is 3.42. The number of unbranched alkanes of at least 4 members (excludes halogenated alkanes) is 5. The molecule has 0 aromatic heterocycles. The van der Waals surface area contributed by atoms with Crippen LogP contribution in [0.3, 0.4) is 0 Å². The molecule has 0 saturated heterocycles. The topological polar surface area (TPSA) is 40.1 Å². The van der Waals surface area contributed by atoms with Crippen molar-refractivity contribution in [2.75, 3.05) is 21.1 Å². The van der Waals surface area contributed by atoms with Gasteiger partial charge in [0.2, 0.25) is 0 Å². The molecule has 1 aromatic rings. The Labute approximate surface area is 148 Å². The fourth-order valence-electron chi connectivity index (χ4n) is 3.62. The van der Waals surface area contributed by atoms with E-state index in [0.717, 1.165) is 19.3 Å². The Hall–Kier alpha value is -1.35. The van der Waals surface area contributed by atoms with Crippen LogP contribution in [0.25, 0.3) is 0 Å². The predicted molar refractivity (Wildman–Crippen MR) is 98.5 cm³/mol. The largest absolute Gasteiger partial charge is 0.544 e. The van der Waals surface area contributed by atoms with E-state index in [2.05, 4.69) is 19.1 Å². The minimum absolute atomic E-state index is 0.114. The first-order chi connectivity index (χ1) is 11.4. The number of carbonyl (C=O) groups excluding carboxylic acids is 1. The zero-order valence-corrected chi connectivity index (χ0v) is 16.0. The van der Waals surface area contributed by atoms with E-state index in [0.29, 0.717) is 4.48 Å². The molecule has 0 aliphatic carbocycles. The average molecular weight is 334 g/mol. The summed E-state index contributed by atoms with van der Waals surface area (Å²) in [5, 5.41) is 11.8. The Morgan fingerprint density at radius 2 is 1.58 bits per heavy atom. The second kappa shape index (κ2) is 10.5. The zero-order chi connectivity index (χ0) is 18.0. The van der Waals surface area contributed by atoms with Gasteiger partial charge in [-0.2, -0.15) is 0 Å². The number of carboxylic acid groups (broad SMARTS) is 1. The van der Waals surface area contributed by atoms with E-state index < -0.39 is 12.0 Å². The highest BCUT2D eigenvalue weighted by Gasteiger charge is 2.33. The van der Waals surface area contributed by atoms with Crippen molar-refractivity contribution in [3.63, 3.8) is 0 Å². The summed E-state index contributed by atoms with van der Waals surface area (Å²) in [5.74, 6) is -0.807. The third-order valence-corrected chi connectivity index (χ3v) is 4.79. The molecule has 0 fully saturated rings. The molecule has 1 aromatic carbocycles. The number of benzene rings is 1. The third kappa shape index (κ3) is 7.48. The van der Waals surface area contributed by atoms with Crippen LogP contribution in [0.15, 0.2) is 30.3 Å². The lowest BCUT2D eigenvalue weighted by atomic mass is 9.86. The van der Waals surface area contributed by atoms with Crippen molar-refractivity contribution >= 4 is 5.97 Å². The Bertz CT molecular complexity index is 464. The van der Waals surface area contributed by atoms with Gasteiger partial charge in [-0.1, -0.05) is 75.8 Å². The first-order valence-corrected chi connectivity index (χ1v) is 9.42. The number of rotatable bonds is 12. The first-order valence-electron chi connectivity index (χ1n) is 9.42. The molecule has 24 heavy (non-hydrogen) atoms. The van der Waals surface area contributed by atoms with Gasteiger partial charge < -0.3 is 14.4 Å². The van der Waals surface area contributed by atoms with Gasteiger partial charge in [0.1, 0.15) is 6.04 Å². The molecule has 0 N–H and O–H groups in total. The number of nitrogens with zero attached hydrogens (tertiary/aromatic N) is 1. The third-order valence-electron chi connectivity index (χ3n) is 4.79. The summed E-state index contributed by atoms with van der Waals surface area (Å²) in [6.45, 7) is 2.22. The molecular weight excluding hydrogens is 298 g/mol. The van der Waals surface area contributed by atoms with E-state index in [-0.39, 0.29) is 5.92 Å². The Balaban J connectivity index is 2.73. The second-order valence-electron chi connectivity index (χ2n) is 7.89. The van der Waals surface area contributed by atoms with Gasteiger partial charge in [0.05, 0.1) is 27.1 Å². The van der Waals surface area contributed by atoms with Gasteiger partial charge in [-0.15, -0.1) is 0 Å². The molecule has 0 saturated carbocycles. The van der Waals surface area contributed by atoms with E-state index in [1.807, 2.05) is 39.3 Å². The highest BCUT2D eigenvalue weighted by atomic mass is 16.4. The van der Waals surface area contributed by atoms with Crippen LogP contribution in [0, 0.1) is 5.92 Å². The van der Waals surface area contributed by atoms with Gasteiger partial charge in [-0.3, -0.25) is 0 Å². The van der Waals surface area contributed by atoms with Crippen LogP contribution >= 0.6 is 0 Å². The number of carbonyl (C=O) groups is 1. The van der Waals surface area contributed by atoms with Crippen molar-refractivity contribution in [1.82, 2.24) is 0 Å². The number of aliphatic carboxylic acids is 1. The van der Waals surface area contributed by atoms with Gasteiger partial charge in [0, 0.05) is 5.92 Å². The summed E-state index contributed by atoms with van der Waals surface area (Å²) in [5.41, 5.74) is 1.22. The summed E-state index contributed by atoms with van der Waals surface area (Å²) >= 11 is 0. The maximum Gasteiger partial charge on any atom is 0.132 e.